The van der Waals surface area contributed by atoms with Crippen LogP contribution in [0.2, 0.25) is 0 Å². The van der Waals surface area contributed by atoms with Gasteiger partial charge in [-0.05, 0) is 87.7 Å². The normalized spacial score (nSPS) is 16.4. The molecule has 2 fully saturated rings. The second-order valence-corrected chi connectivity index (χ2v) is 9.53. The fourth-order valence-electron chi connectivity index (χ4n) is 4.38. The summed E-state index contributed by atoms with van der Waals surface area (Å²) >= 11 is 0. The number of aromatic nitrogens is 2. The molecule has 1 amide bonds. The Morgan fingerprint density at radius 1 is 1.03 bits per heavy atom. The second-order valence-electron chi connectivity index (χ2n) is 9.53. The first-order valence-electron chi connectivity index (χ1n) is 12.0. The molecule has 0 atom stereocenters. The number of amides is 1. The zero-order valence-electron chi connectivity index (χ0n) is 20.0. The molecule has 2 aliphatic rings. The maximum Gasteiger partial charge on any atom is 0.251 e. The third kappa shape index (κ3) is 6.08. The summed E-state index contributed by atoms with van der Waals surface area (Å²) in [6.07, 6.45) is 11.1. The Kier molecular flexibility index (Phi) is 7.23. The number of rotatable bonds is 4. The summed E-state index contributed by atoms with van der Waals surface area (Å²) in [5.74, 6) is 0.265. The maximum atomic E-state index is 12.3. The fraction of sp³-hybridized carbons (Fsp3) is 0.444. The van der Waals surface area contributed by atoms with Crippen LogP contribution in [0.25, 0.3) is 22.0 Å². The number of aryl methyl sites for hydroxylation is 1. The van der Waals surface area contributed by atoms with Crippen LogP contribution < -0.4 is 11.1 Å². The van der Waals surface area contributed by atoms with Gasteiger partial charge in [-0.25, -0.2) is 9.97 Å². The lowest BCUT2D eigenvalue weighted by Gasteiger charge is -2.27. The van der Waals surface area contributed by atoms with Crippen LogP contribution in [0.1, 0.15) is 60.9 Å². The van der Waals surface area contributed by atoms with Gasteiger partial charge in [0, 0.05) is 29.2 Å². The van der Waals surface area contributed by atoms with Gasteiger partial charge >= 0.3 is 0 Å². The van der Waals surface area contributed by atoms with E-state index in [0.29, 0.717) is 11.6 Å². The first-order chi connectivity index (χ1) is 15.9. The van der Waals surface area contributed by atoms with Crippen molar-refractivity contribution in [3.8, 4) is 11.1 Å². The Hall–Kier alpha value is -2.99. The Labute approximate surface area is 196 Å². The number of nitrogen functional groups attached to an aromatic ring is 1. The van der Waals surface area contributed by atoms with Crippen molar-refractivity contribution in [3.05, 3.63) is 53.7 Å². The maximum absolute atomic E-state index is 12.3. The largest absolute Gasteiger partial charge is 0.368 e. The van der Waals surface area contributed by atoms with Crippen molar-refractivity contribution in [2.24, 2.45) is 0 Å². The van der Waals surface area contributed by atoms with Gasteiger partial charge in [-0.3, -0.25) is 4.79 Å². The van der Waals surface area contributed by atoms with Crippen molar-refractivity contribution in [2.75, 3.05) is 19.8 Å². The summed E-state index contributed by atoms with van der Waals surface area (Å²) in [7, 11) is 4.38. The molecule has 0 saturated heterocycles. The molecule has 2 aromatic carbocycles. The summed E-state index contributed by atoms with van der Waals surface area (Å²) in [4.78, 5) is 22.9. The van der Waals surface area contributed by atoms with Gasteiger partial charge in [-0.1, -0.05) is 31.4 Å². The second kappa shape index (κ2) is 10.3. The number of carbonyl (C=O) groups is 1. The Morgan fingerprint density at radius 3 is 2.45 bits per heavy atom. The van der Waals surface area contributed by atoms with Crippen LogP contribution in [0.15, 0.2) is 42.6 Å². The van der Waals surface area contributed by atoms with Crippen LogP contribution in [-0.4, -0.2) is 47.0 Å². The van der Waals surface area contributed by atoms with Gasteiger partial charge in [0.1, 0.15) is 0 Å². The summed E-state index contributed by atoms with van der Waals surface area (Å²) in [5.41, 5.74) is 10.3. The van der Waals surface area contributed by atoms with Crippen LogP contribution in [0.3, 0.4) is 0 Å². The van der Waals surface area contributed by atoms with E-state index in [1.54, 1.807) is 6.20 Å². The smallest absolute Gasteiger partial charge is 0.251 e. The number of nitrogens with two attached hydrogens (primary N) is 1. The number of nitrogens with zero attached hydrogens (tertiary/aromatic N) is 3. The Bertz CT molecular complexity index is 1120. The van der Waals surface area contributed by atoms with E-state index in [0.717, 1.165) is 46.5 Å². The molecule has 0 spiro atoms. The third-order valence-electron chi connectivity index (χ3n) is 6.63. The highest BCUT2D eigenvalue weighted by atomic mass is 16.1. The third-order valence-corrected chi connectivity index (χ3v) is 6.63. The molecule has 2 aliphatic carbocycles. The molecule has 3 N–H and O–H groups in total. The minimum Gasteiger partial charge on any atom is -0.368 e. The van der Waals surface area contributed by atoms with Gasteiger partial charge in [0.15, 0.2) is 0 Å². The fourth-order valence-corrected chi connectivity index (χ4v) is 4.38. The van der Waals surface area contributed by atoms with E-state index in [1.807, 2.05) is 43.3 Å². The molecule has 3 aromatic rings. The highest BCUT2D eigenvalue weighted by Gasteiger charge is 2.24. The van der Waals surface area contributed by atoms with Gasteiger partial charge in [-0.15, -0.1) is 0 Å². The van der Waals surface area contributed by atoms with Crippen LogP contribution in [0.5, 0.6) is 0 Å². The Balaban J connectivity index is 0.000000243. The molecule has 6 nitrogen and oxygen atoms in total. The van der Waals surface area contributed by atoms with Crippen LogP contribution in [0, 0.1) is 6.92 Å². The molecular weight excluding hydrogens is 410 g/mol. The van der Waals surface area contributed by atoms with Crippen molar-refractivity contribution in [1.29, 1.82) is 0 Å². The lowest BCUT2D eigenvalue weighted by atomic mass is 9.95. The van der Waals surface area contributed by atoms with Crippen LogP contribution >= 0.6 is 0 Å². The van der Waals surface area contributed by atoms with Crippen molar-refractivity contribution in [1.82, 2.24) is 20.2 Å². The highest BCUT2D eigenvalue weighted by molar-refractivity contribution is 5.96. The predicted molar refractivity (Wildman–Crippen MR) is 135 cm³/mol. The summed E-state index contributed by atoms with van der Waals surface area (Å²) in [5, 5.41) is 3.96. The molecule has 174 valence electrons. The van der Waals surface area contributed by atoms with E-state index in [9.17, 15) is 4.79 Å². The molecule has 1 heterocycles. The van der Waals surface area contributed by atoms with Gasteiger partial charge in [0.05, 0.1) is 5.52 Å². The molecule has 1 aromatic heterocycles. The molecule has 0 unspecified atom stereocenters. The number of hydrogen-bond donors (Lipinski definition) is 2. The lowest BCUT2D eigenvalue weighted by Crippen LogP contribution is -2.29. The molecule has 0 aliphatic heterocycles. The van der Waals surface area contributed by atoms with Crippen molar-refractivity contribution >= 4 is 22.8 Å². The van der Waals surface area contributed by atoms with E-state index in [-0.39, 0.29) is 11.9 Å². The number of carbonyl (C=O) groups excluding carboxylic acids is 1. The zero-order chi connectivity index (χ0) is 23.4. The van der Waals surface area contributed by atoms with E-state index < -0.39 is 0 Å². The molecule has 2 saturated carbocycles. The predicted octanol–water partition coefficient (Wildman–Crippen LogP) is 4.96. The van der Waals surface area contributed by atoms with E-state index in [1.165, 1.54) is 32.1 Å². The zero-order valence-corrected chi connectivity index (χ0v) is 20.0. The molecule has 33 heavy (non-hydrogen) atoms. The molecule has 6 heteroatoms. The number of anilines is 1. The topological polar surface area (TPSA) is 84.1 Å². The van der Waals surface area contributed by atoms with Gasteiger partial charge in [-0.2, -0.15) is 0 Å². The molecule has 5 rings (SSSR count). The number of nitrogens with one attached hydrogen (secondary N) is 1. The lowest BCUT2D eigenvalue weighted by molar-refractivity contribution is 0.0951. The van der Waals surface area contributed by atoms with E-state index in [2.05, 4.69) is 34.3 Å². The number of fused-ring (bicyclic) bond motifs is 1. The summed E-state index contributed by atoms with van der Waals surface area (Å²) in [6.45, 7) is 2.04. The minimum atomic E-state index is -0.00403. The van der Waals surface area contributed by atoms with Crippen molar-refractivity contribution in [2.45, 2.75) is 64.0 Å². The van der Waals surface area contributed by atoms with Gasteiger partial charge in [0.25, 0.3) is 5.91 Å². The quantitative estimate of drug-likeness (QED) is 0.593. The molecule has 0 bridgehead atoms. The summed E-state index contributed by atoms with van der Waals surface area (Å²) < 4.78 is 0. The average molecular weight is 446 g/mol. The molecule has 0 radical (unpaired) electrons. The van der Waals surface area contributed by atoms with Crippen LogP contribution in [0.4, 0.5) is 5.95 Å². The van der Waals surface area contributed by atoms with E-state index in [4.69, 9.17) is 5.73 Å². The minimum absolute atomic E-state index is 0.00403. The van der Waals surface area contributed by atoms with Crippen molar-refractivity contribution in [3.63, 3.8) is 0 Å². The number of benzene rings is 2. The Morgan fingerprint density at radius 2 is 1.79 bits per heavy atom. The molecular formula is C27H35N5O. The van der Waals surface area contributed by atoms with Gasteiger partial charge < -0.3 is 16.0 Å². The average Bonchev–Trinajstić information content (AvgIpc) is 3.64. The highest BCUT2D eigenvalue weighted by Crippen LogP contribution is 2.28. The first-order valence-corrected chi connectivity index (χ1v) is 12.0. The number of hydrogen-bond acceptors (Lipinski definition) is 5. The van der Waals surface area contributed by atoms with Gasteiger partial charge in [0.2, 0.25) is 5.95 Å². The first kappa shape index (κ1) is 23.2. The van der Waals surface area contributed by atoms with Crippen LogP contribution in [-0.2, 0) is 0 Å². The summed E-state index contributed by atoms with van der Waals surface area (Å²) in [6, 6.07) is 13.0. The van der Waals surface area contributed by atoms with E-state index >= 15 is 0 Å². The van der Waals surface area contributed by atoms with Crippen molar-refractivity contribution < 1.29 is 4.79 Å². The standard InChI is InChI=1S/C19H18N4O.C8H17N/c1-11-2-3-13(18(24)22-15-5-6-15)9-16(11)12-4-7-17-14(8-12)10-21-19(20)23-17;1-9(2)8-6-4-3-5-7-8/h2-4,7-10,15H,5-6H2,1H3,(H,22,24)(H2,20,21,23);8H,3-7H2,1-2H3. The monoisotopic (exact) mass is 445 g/mol. The SMILES string of the molecule is CN(C)C1CCCCC1.Cc1ccc(C(=O)NC2CC2)cc1-c1ccc2nc(N)ncc2c1.